The first-order valence-electron chi connectivity index (χ1n) is 4.85. The quantitative estimate of drug-likeness (QED) is 0.669. The molecule has 0 unspecified atom stereocenters. The predicted octanol–water partition coefficient (Wildman–Crippen LogP) is 0.886. The first-order chi connectivity index (χ1) is 7.68. The Bertz CT molecular complexity index is 521. The molecule has 84 valence electrons. The van der Waals surface area contributed by atoms with Crippen LogP contribution < -0.4 is 11.1 Å². The Morgan fingerprint density at radius 2 is 2.38 bits per heavy atom. The van der Waals surface area contributed by atoms with E-state index < -0.39 is 6.09 Å². The van der Waals surface area contributed by atoms with Crippen LogP contribution in [-0.4, -0.2) is 27.5 Å². The molecule has 0 spiro atoms. The van der Waals surface area contributed by atoms with E-state index in [-0.39, 0.29) is 0 Å². The number of aromatic nitrogens is 2. The minimum Gasteiger partial charge on any atom is -0.465 e. The zero-order valence-electron chi connectivity index (χ0n) is 8.55. The van der Waals surface area contributed by atoms with Crippen LogP contribution in [0.5, 0.6) is 0 Å². The van der Waals surface area contributed by atoms with Crippen molar-refractivity contribution in [3.05, 3.63) is 24.4 Å². The lowest BCUT2D eigenvalue weighted by Crippen LogP contribution is -2.25. The summed E-state index contributed by atoms with van der Waals surface area (Å²) < 4.78 is 1.72. The van der Waals surface area contributed by atoms with Crippen LogP contribution >= 0.6 is 0 Å². The minimum atomic E-state index is -1.03. The van der Waals surface area contributed by atoms with Crippen molar-refractivity contribution in [3.63, 3.8) is 0 Å². The third kappa shape index (κ3) is 1.90. The highest BCUT2D eigenvalue weighted by Crippen LogP contribution is 2.19. The zero-order valence-corrected chi connectivity index (χ0v) is 8.55. The summed E-state index contributed by atoms with van der Waals surface area (Å²) >= 11 is 0. The van der Waals surface area contributed by atoms with Crippen LogP contribution in [0.1, 0.15) is 0 Å². The van der Waals surface area contributed by atoms with Crippen molar-refractivity contribution < 1.29 is 9.90 Å². The number of carboxylic acid groups (broad SMARTS) is 1. The van der Waals surface area contributed by atoms with E-state index in [4.69, 9.17) is 10.8 Å². The van der Waals surface area contributed by atoms with Crippen LogP contribution in [0.2, 0.25) is 0 Å². The number of anilines is 1. The van der Waals surface area contributed by atoms with Gasteiger partial charge in [-0.05, 0) is 12.1 Å². The number of nitrogens with zero attached hydrogens (tertiary/aromatic N) is 2. The summed E-state index contributed by atoms with van der Waals surface area (Å²) in [5, 5.41) is 15.8. The second-order valence-corrected chi connectivity index (χ2v) is 3.38. The number of carbonyl (C=O) groups is 1. The van der Waals surface area contributed by atoms with Crippen LogP contribution in [0.25, 0.3) is 10.9 Å². The van der Waals surface area contributed by atoms with Crippen LogP contribution in [0.15, 0.2) is 24.4 Å². The number of amides is 1. The molecule has 0 radical (unpaired) electrons. The van der Waals surface area contributed by atoms with Crippen LogP contribution in [-0.2, 0) is 6.54 Å². The van der Waals surface area contributed by atoms with Crippen LogP contribution in [0.4, 0.5) is 10.5 Å². The van der Waals surface area contributed by atoms with E-state index in [2.05, 4.69) is 10.4 Å². The molecule has 1 aromatic heterocycles. The lowest BCUT2D eigenvalue weighted by molar-refractivity contribution is 0.194. The molecule has 2 rings (SSSR count). The highest BCUT2D eigenvalue weighted by molar-refractivity contribution is 5.90. The SMILES string of the molecule is Nc1cccc2c1cnn2CCNC(=O)O. The molecule has 0 bridgehead atoms. The molecular formula is C10H12N4O2. The van der Waals surface area contributed by atoms with Crippen molar-refractivity contribution in [1.82, 2.24) is 15.1 Å². The standard InChI is InChI=1S/C10H12N4O2/c11-8-2-1-3-9-7(8)6-13-14(9)5-4-12-10(15)16/h1-3,6,12H,4-5,11H2,(H,15,16). The maximum absolute atomic E-state index is 10.3. The van der Waals surface area contributed by atoms with Gasteiger partial charge in [0.25, 0.3) is 0 Å². The maximum atomic E-state index is 10.3. The van der Waals surface area contributed by atoms with Gasteiger partial charge >= 0.3 is 6.09 Å². The molecule has 6 nitrogen and oxygen atoms in total. The van der Waals surface area contributed by atoms with Gasteiger partial charge in [0.15, 0.2) is 0 Å². The number of benzene rings is 1. The van der Waals surface area contributed by atoms with Gasteiger partial charge in [0.05, 0.1) is 18.3 Å². The third-order valence-electron chi connectivity index (χ3n) is 2.32. The first kappa shape index (κ1) is 10.3. The van der Waals surface area contributed by atoms with Crippen LogP contribution in [0.3, 0.4) is 0 Å². The fraction of sp³-hybridized carbons (Fsp3) is 0.200. The Balaban J connectivity index is 2.19. The van der Waals surface area contributed by atoms with Gasteiger partial charge in [-0.3, -0.25) is 4.68 Å². The summed E-state index contributed by atoms with van der Waals surface area (Å²) in [5.74, 6) is 0. The van der Waals surface area contributed by atoms with E-state index in [1.165, 1.54) is 0 Å². The van der Waals surface area contributed by atoms with E-state index >= 15 is 0 Å². The molecule has 1 heterocycles. The van der Waals surface area contributed by atoms with Crippen molar-refractivity contribution in [2.45, 2.75) is 6.54 Å². The lowest BCUT2D eigenvalue weighted by atomic mass is 10.2. The average molecular weight is 220 g/mol. The van der Waals surface area contributed by atoms with Crippen molar-refractivity contribution in [2.24, 2.45) is 0 Å². The largest absolute Gasteiger partial charge is 0.465 e. The van der Waals surface area contributed by atoms with Gasteiger partial charge in [-0.2, -0.15) is 5.10 Å². The summed E-state index contributed by atoms with van der Waals surface area (Å²) in [6.07, 6.45) is 0.654. The van der Waals surface area contributed by atoms with Gasteiger partial charge in [0, 0.05) is 17.6 Å². The number of nitrogens with one attached hydrogen (secondary N) is 1. The van der Waals surface area contributed by atoms with Crippen molar-refractivity contribution in [2.75, 3.05) is 12.3 Å². The molecule has 0 atom stereocenters. The van der Waals surface area contributed by atoms with E-state index in [9.17, 15) is 4.79 Å². The smallest absolute Gasteiger partial charge is 0.404 e. The van der Waals surface area contributed by atoms with E-state index in [1.54, 1.807) is 10.9 Å². The fourth-order valence-electron chi connectivity index (χ4n) is 1.57. The second kappa shape index (κ2) is 4.09. The number of nitrogens with two attached hydrogens (primary N) is 1. The normalized spacial score (nSPS) is 10.5. The molecular weight excluding hydrogens is 208 g/mol. The molecule has 0 saturated heterocycles. The number of rotatable bonds is 3. The Morgan fingerprint density at radius 3 is 3.12 bits per heavy atom. The van der Waals surface area contributed by atoms with Gasteiger partial charge < -0.3 is 16.2 Å². The van der Waals surface area contributed by atoms with Gasteiger partial charge in [0.1, 0.15) is 0 Å². The highest BCUT2D eigenvalue weighted by atomic mass is 16.4. The summed E-state index contributed by atoms with van der Waals surface area (Å²) in [4.78, 5) is 10.3. The predicted molar refractivity (Wildman–Crippen MR) is 60.2 cm³/mol. The van der Waals surface area contributed by atoms with Crippen LogP contribution in [0, 0.1) is 0 Å². The molecule has 2 aromatic rings. The van der Waals surface area contributed by atoms with E-state index in [0.29, 0.717) is 18.8 Å². The molecule has 1 amide bonds. The molecule has 0 aliphatic carbocycles. The van der Waals surface area contributed by atoms with E-state index in [1.807, 2.05) is 18.2 Å². The minimum absolute atomic E-state index is 0.320. The number of hydrogen-bond donors (Lipinski definition) is 3. The summed E-state index contributed by atoms with van der Waals surface area (Å²) in [5.41, 5.74) is 7.37. The topological polar surface area (TPSA) is 93.2 Å². The molecule has 4 N–H and O–H groups in total. The van der Waals surface area contributed by atoms with Gasteiger partial charge in [-0.25, -0.2) is 4.79 Å². The Hall–Kier alpha value is -2.24. The molecule has 1 aromatic carbocycles. The monoisotopic (exact) mass is 220 g/mol. The van der Waals surface area contributed by atoms with Gasteiger partial charge in [-0.15, -0.1) is 0 Å². The average Bonchev–Trinajstić information content (AvgIpc) is 2.63. The summed E-state index contributed by atoms with van der Waals surface area (Å²) in [7, 11) is 0. The molecule has 16 heavy (non-hydrogen) atoms. The Morgan fingerprint density at radius 1 is 1.56 bits per heavy atom. The third-order valence-corrected chi connectivity index (χ3v) is 2.32. The molecule has 0 saturated carbocycles. The molecule has 0 aliphatic heterocycles. The number of hydrogen-bond acceptors (Lipinski definition) is 3. The lowest BCUT2D eigenvalue weighted by Gasteiger charge is -2.03. The van der Waals surface area contributed by atoms with Gasteiger partial charge in [-0.1, -0.05) is 6.07 Å². The second-order valence-electron chi connectivity index (χ2n) is 3.38. The maximum Gasteiger partial charge on any atom is 0.404 e. The van der Waals surface area contributed by atoms with Crippen molar-refractivity contribution >= 4 is 22.7 Å². The van der Waals surface area contributed by atoms with Crippen molar-refractivity contribution in [1.29, 1.82) is 0 Å². The number of fused-ring (bicyclic) bond motifs is 1. The van der Waals surface area contributed by atoms with Gasteiger partial charge in [0.2, 0.25) is 0 Å². The fourth-order valence-corrected chi connectivity index (χ4v) is 1.57. The molecule has 0 aliphatic rings. The molecule has 6 heteroatoms. The first-order valence-corrected chi connectivity index (χ1v) is 4.85. The molecule has 0 fully saturated rings. The number of nitrogen functional groups attached to an aromatic ring is 1. The Kier molecular flexibility index (Phi) is 2.63. The zero-order chi connectivity index (χ0) is 11.5. The highest BCUT2D eigenvalue weighted by Gasteiger charge is 2.04. The van der Waals surface area contributed by atoms with Crippen molar-refractivity contribution in [3.8, 4) is 0 Å². The summed E-state index contributed by atoms with van der Waals surface area (Å²) in [6.45, 7) is 0.806. The Labute approximate surface area is 91.7 Å². The summed E-state index contributed by atoms with van der Waals surface area (Å²) in [6, 6.07) is 5.56. The van der Waals surface area contributed by atoms with E-state index in [0.717, 1.165) is 10.9 Å².